The first-order chi connectivity index (χ1) is 12.2. The van der Waals surface area contributed by atoms with Gasteiger partial charge in [-0.1, -0.05) is 49.9 Å². The third-order valence-electron chi connectivity index (χ3n) is 4.13. The standard InChI is InChI=1S/C20H26NO3S2/c1-4-5-6-7-9-18-10-8-11-20(16-18)25(3,22)21-26(23,24)19-14-12-17(2)13-15-19/h8,11-16H,4-7,9H2,1-3H3. The van der Waals surface area contributed by atoms with Crippen molar-refractivity contribution in [3.63, 3.8) is 0 Å². The topological polar surface area (TPSA) is 63.6 Å². The number of hydrogen-bond acceptors (Lipinski definition) is 3. The van der Waals surface area contributed by atoms with Crippen molar-refractivity contribution < 1.29 is 12.6 Å². The maximum absolute atomic E-state index is 13.0. The van der Waals surface area contributed by atoms with Crippen LogP contribution in [0.4, 0.5) is 0 Å². The molecule has 0 N–H and O–H groups in total. The van der Waals surface area contributed by atoms with Gasteiger partial charge < -0.3 is 0 Å². The normalized spacial score (nSPS) is 14.0. The van der Waals surface area contributed by atoms with Crippen molar-refractivity contribution >= 4 is 19.8 Å². The minimum atomic E-state index is -3.98. The van der Waals surface area contributed by atoms with Gasteiger partial charge in [-0.15, -0.1) is 3.77 Å². The molecule has 0 aromatic heterocycles. The Morgan fingerprint density at radius 1 is 0.962 bits per heavy atom. The number of hydrogen-bond donors (Lipinski definition) is 0. The van der Waals surface area contributed by atoms with Crippen LogP contribution in [0.1, 0.15) is 43.7 Å². The van der Waals surface area contributed by atoms with Crippen LogP contribution in [0.15, 0.2) is 56.0 Å². The van der Waals surface area contributed by atoms with Gasteiger partial charge in [0.2, 0.25) is 0 Å². The quantitative estimate of drug-likeness (QED) is 0.608. The Morgan fingerprint density at radius 3 is 2.31 bits per heavy atom. The fraction of sp³-hybridized carbons (Fsp3) is 0.400. The van der Waals surface area contributed by atoms with Crippen LogP contribution < -0.4 is 0 Å². The van der Waals surface area contributed by atoms with Crippen molar-refractivity contribution in [2.75, 3.05) is 6.26 Å². The summed E-state index contributed by atoms with van der Waals surface area (Å²) in [7, 11) is -7.05. The summed E-state index contributed by atoms with van der Waals surface area (Å²) >= 11 is 0. The fourth-order valence-electron chi connectivity index (χ4n) is 2.60. The molecule has 0 aliphatic carbocycles. The highest BCUT2D eigenvalue weighted by Gasteiger charge is 2.17. The van der Waals surface area contributed by atoms with Gasteiger partial charge in [-0.25, -0.2) is 4.21 Å². The Balaban J connectivity index is 2.29. The second kappa shape index (κ2) is 8.82. The van der Waals surface area contributed by atoms with Gasteiger partial charge in [0.1, 0.15) is 0 Å². The van der Waals surface area contributed by atoms with E-state index in [1.165, 1.54) is 31.2 Å². The molecule has 2 aromatic rings. The maximum atomic E-state index is 13.0. The van der Waals surface area contributed by atoms with Crippen molar-refractivity contribution in [2.24, 2.45) is 3.77 Å². The number of sulfonamides is 1. The first-order valence-electron chi connectivity index (χ1n) is 8.80. The molecule has 0 fully saturated rings. The smallest absolute Gasteiger partial charge is 0.244 e. The van der Waals surface area contributed by atoms with E-state index in [9.17, 15) is 12.6 Å². The zero-order chi connectivity index (χ0) is 19.2. The number of aryl methyl sites for hydroxylation is 2. The molecule has 2 aromatic carbocycles. The summed E-state index contributed by atoms with van der Waals surface area (Å²) in [6.07, 6.45) is 6.75. The summed E-state index contributed by atoms with van der Waals surface area (Å²) < 4.78 is 41.8. The monoisotopic (exact) mass is 392 g/mol. The number of benzene rings is 2. The van der Waals surface area contributed by atoms with E-state index < -0.39 is 19.8 Å². The zero-order valence-electron chi connectivity index (χ0n) is 15.6. The largest absolute Gasteiger partial charge is 0.290 e. The number of rotatable bonds is 8. The van der Waals surface area contributed by atoms with E-state index in [4.69, 9.17) is 0 Å². The highest BCUT2D eigenvalue weighted by atomic mass is 32.3. The predicted octanol–water partition coefficient (Wildman–Crippen LogP) is 4.76. The second-order valence-corrected chi connectivity index (χ2v) is 10.6. The summed E-state index contributed by atoms with van der Waals surface area (Å²) in [6.45, 7) is 4.04. The van der Waals surface area contributed by atoms with E-state index in [1.54, 1.807) is 30.3 Å². The molecule has 141 valence electrons. The molecule has 6 heteroatoms. The van der Waals surface area contributed by atoms with Gasteiger partial charge in [0.05, 0.1) is 14.6 Å². The molecule has 0 aliphatic rings. The SMILES string of the molecule is CCCCCCc1[c]ccc(S(C)(=O)=NS(=O)(=O)c2ccc(C)cc2)c1. The molecule has 0 saturated heterocycles. The van der Waals surface area contributed by atoms with Crippen molar-refractivity contribution in [1.29, 1.82) is 0 Å². The van der Waals surface area contributed by atoms with E-state index in [0.29, 0.717) is 4.90 Å². The lowest BCUT2D eigenvalue weighted by Crippen LogP contribution is -2.05. The molecule has 1 unspecified atom stereocenters. The lowest BCUT2D eigenvalue weighted by atomic mass is 10.1. The summed E-state index contributed by atoms with van der Waals surface area (Å²) in [4.78, 5) is 0.484. The maximum Gasteiger partial charge on any atom is 0.290 e. The lowest BCUT2D eigenvalue weighted by molar-refractivity contribution is 0.598. The van der Waals surface area contributed by atoms with Crippen LogP contribution in [0.25, 0.3) is 0 Å². The second-order valence-electron chi connectivity index (χ2n) is 6.53. The number of unbranched alkanes of at least 4 members (excludes halogenated alkanes) is 3. The van der Waals surface area contributed by atoms with E-state index >= 15 is 0 Å². The Morgan fingerprint density at radius 2 is 1.65 bits per heavy atom. The summed E-state index contributed by atoms with van der Waals surface area (Å²) in [5.74, 6) is 0. The summed E-state index contributed by atoms with van der Waals surface area (Å²) in [5, 5.41) is 0. The van der Waals surface area contributed by atoms with E-state index in [-0.39, 0.29) is 4.90 Å². The molecule has 0 bridgehead atoms. The minimum absolute atomic E-state index is 0.0555. The zero-order valence-corrected chi connectivity index (χ0v) is 17.2. The van der Waals surface area contributed by atoms with E-state index in [2.05, 4.69) is 16.8 Å². The molecule has 0 aliphatic heterocycles. The van der Waals surface area contributed by atoms with Crippen molar-refractivity contribution in [1.82, 2.24) is 0 Å². The summed E-state index contributed by atoms with van der Waals surface area (Å²) in [6, 6.07) is 14.6. The van der Waals surface area contributed by atoms with Gasteiger partial charge in [-0.2, -0.15) is 8.42 Å². The van der Waals surface area contributed by atoms with Gasteiger partial charge >= 0.3 is 0 Å². The molecule has 1 atom stereocenters. The molecular weight excluding hydrogens is 366 g/mol. The van der Waals surface area contributed by atoms with Gasteiger partial charge in [-0.05, 0) is 55.7 Å². The summed E-state index contributed by atoms with van der Waals surface area (Å²) in [5.41, 5.74) is 1.89. The molecule has 0 spiro atoms. The highest BCUT2D eigenvalue weighted by molar-refractivity contribution is 8.03. The van der Waals surface area contributed by atoms with Crippen LogP contribution >= 0.6 is 0 Å². The van der Waals surface area contributed by atoms with Gasteiger partial charge in [-0.3, -0.25) is 0 Å². The molecule has 0 amide bonds. The van der Waals surface area contributed by atoms with Gasteiger partial charge in [0.15, 0.2) is 0 Å². The molecule has 1 radical (unpaired) electrons. The molecule has 4 nitrogen and oxygen atoms in total. The average molecular weight is 393 g/mol. The molecular formula is C20H26NO3S2. The Kier molecular flexibility index (Phi) is 7.01. The lowest BCUT2D eigenvalue weighted by Gasteiger charge is -2.08. The average Bonchev–Trinajstić information content (AvgIpc) is 2.58. The first-order valence-corrected chi connectivity index (χ1v) is 12.2. The van der Waals surface area contributed by atoms with Crippen molar-refractivity contribution in [2.45, 2.75) is 55.7 Å². The minimum Gasteiger partial charge on any atom is -0.244 e. The molecule has 2 rings (SSSR count). The van der Waals surface area contributed by atoms with Crippen LogP contribution in [0.3, 0.4) is 0 Å². The Bertz CT molecular complexity index is 955. The van der Waals surface area contributed by atoms with E-state index in [0.717, 1.165) is 30.4 Å². The van der Waals surface area contributed by atoms with E-state index in [1.807, 2.05) is 6.92 Å². The highest BCUT2D eigenvalue weighted by Crippen LogP contribution is 2.20. The fourth-order valence-corrected chi connectivity index (χ4v) is 5.95. The van der Waals surface area contributed by atoms with Crippen molar-refractivity contribution in [3.8, 4) is 0 Å². The third kappa shape index (κ3) is 5.68. The third-order valence-corrected chi connectivity index (χ3v) is 8.05. The van der Waals surface area contributed by atoms with Crippen LogP contribution in [-0.2, 0) is 26.2 Å². The van der Waals surface area contributed by atoms with Crippen LogP contribution in [0.5, 0.6) is 0 Å². The van der Waals surface area contributed by atoms with Crippen LogP contribution in [0, 0.1) is 13.0 Å². The van der Waals surface area contributed by atoms with Crippen LogP contribution in [-0.4, -0.2) is 18.9 Å². The Labute approximate surface area is 157 Å². The molecule has 0 heterocycles. The van der Waals surface area contributed by atoms with Crippen LogP contribution in [0.2, 0.25) is 0 Å². The predicted molar refractivity (Wildman–Crippen MR) is 106 cm³/mol. The Hall–Kier alpha value is -1.66. The van der Waals surface area contributed by atoms with Gasteiger partial charge in [0, 0.05) is 11.2 Å². The molecule has 0 saturated carbocycles. The molecule has 26 heavy (non-hydrogen) atoms. The first kappa shape index (κ1) is 20.6. The van der Waals surface area contributed by atoms with Crippen molar-refractivity contribution in [3.05, 3.63) is 59.7 Å². The number of nitrogens with zero attached hydrogens (tertiary/aromatic N) is 1. The van der Waals surface area contributed by atoms with Gasteiger partial charge in [0.25, 0.3) is 10.0 Å².